The van der Waals surface area contributed by atoms with E-state index in [4.69, 9.17) is 34.8 Å². The zero-order valence-electron chi connectivity index (χ0n) is 21.8. The molecule has 0 aromatic heterocycles. The molecule has 0 aliphatic heterocycles. The fourth-order valence-electron chi connectivity index (χ4n) is 4.05. The number of hydrogen-bond donors (Lipinski definition) is 1. The third kappa shape index (κ3) is 7.25. The zero-order chi connectivity index (χ0) is 28.7. The number of benzene rings is 3. The van der Waals surface area contributed by atoms with Crippen LogP contribution in [0.25, 0.3) is 0 Å². The van der Waals surface area contributed by atoms with Crippen molar-refractivity contribution in [2.45, 2.75) is 44.7 Å². The average molecular weight is 611 g/mol. The van der Waals surface area contributed by atoms with Crippen molar-refractivity contribution in [3.05, 3.63) is 92.9 Å². The van der Waals surface area contributed by atoms with Gasteiger partial charge in [-0.3, -0.25) is 13.9 Å². The molecule has 2 amide bonds. The first kappa shape index (κ1) is 30.8. The first-order chi connectivity index (χ1) is 18.5. The van der Waals surface area contributed by atoms with Crippen molar-refractivity contribution in [2.75, 3.05) is 17.4 Å². The van der Waals surface area contributed by atoms with Crippen molar-refractivity contribution in [2.24, 2.45) is 0 Å². The van der Waals surface area contributed by atoms with Gasteiger partial charge >= 0.3 is 0 Å². The van der Waals surface area contributed by atoms with E-state index < -0.39 is 28.5 Å². The number of nitrogens with zero attached hydrogens (tertiary/aromatic N) is 2. The molecular weight excluding hydrogens is 581 g/mol. The lowest BCUT2D eigenvalue weighted by Gasteiger charge is -2.33. The second-order valence-corrected chi connectivity index (χ2v) is 11.9. The van der Waals surface area contributed by atoms with Crippen LogP contribution in [0.3, 0.4) is 0 Å². The molecule has 0 aliphatic rings. The van der Waals surface area contributed by atoms with Gasteiger partial charge in [0.1, 0.15) is 12.6 Å². The Morgan fingerprint density at radius 2 is 1.54 bits per heavy atom. The minimum absolute atomic E-state index is 0.00552. The number of anilines is 1. The molecule has 0 spiro atoms. The van der Waals surface area contributed by atoms with Gasteiger partial charge in [0.05, 0.1) is 10.6 Å². The minimum Gasteiger partial charge on any atom is -0.355 e. The molecule has 11 heteroatoms. The van der Waals surface area contributed by atoms with E-state index in [1.54, 1.807) is 69.3 Å². The predicted molar refractivity (Wildman–Crippen MR) is 157 cm³/mol. The van der Waals surface area contributed by atoms with Gasteiger partial charge in [0.2, 0.25) is 11.8 Å². The summed E-state index contributed by atoms with van der Waals surface area (Å²) in [5.41, 5.74) is 1.42. The number of hydrogen-bond acceptors (Lipinski definition) is 4. The smallest absolute Gasteiger partial charge is 0.264 e. The van der Waals surface area contributed by atoms with Crippen molar-refractivity contribution >= 4 is 62.3 Å². The van der Waals surface area contributed by atoms with E-state index >= 15 is 0 Å². The van der Waals surface area contributed by atoms with E-state index in [0.717, 1.165) is 9.87 Å². The molecule has 39 heavy (non-hydrogen) atoms. The van der Waals surface area contributed by atoms with Crippen LogP contribution in [0.1, 0.15) is 31.4 Å². The molecule has 0 heterocycles. The summed E-state index contributed by atoms with van der Waals surface area (Å²) in [6.45, 7) is 5.01. The maximum atomic E-state index is 14.0. The molecule has 3 rings (SSSR count). The summed E-state index contributed by atoms with van der Waals surface area (Å²) in [5, 5.41) is 3.75. The van der Waals surface area contributed by atoms with Crippen molar-refractivity contribution in [1.82, 2.24) is 10.2 Å². The molecule has 0 radical (unpaired) electrons. The summed E-state index contributed by atoms with van der Waals surface area (Å²) in [5.74, 6) is -0.979. The van der Waals surface area contributed by atoms with Crippen LogP contribution < -0.4 is 9.62 Å². The highest BCUT2D eigenvalue weighted by Gasteiger charge is 2.34. The lowest BCUT2D eigenvalue weighted by atomic mass is 10.1. The maximum absolute atomic E-state index is 14.0. The Balaban J connectivity index is 2.11. The van der Waals surface area contributed by atoms with Crippen molar-refractivity contribution in [3.63, 3.8) is 0 Å². The number of aryl methyl sites for hydroxylation is 1. The van der Waals surface area contributed by atoms with Crippen molar-refractivity contribution in [1.29, 1.82) is 0 Å². The first-order valence-electron chi connectivity index (χ1n) is 12.3. The van der Waals surface area contributed by atoms with Crippen LogP contribution in [-0.2, 0) is 26.2 Å². The quantitative estimate of drug-likeness (QED) is 0.285. The minimum atomic E-state index is -4.19. The summed E-state index contributed by atoms with van der Waals surface area (Å²) in [6.07, 6.45) is 0.279. The summed E-state index contributed by atoms with van der Waals surface area (Å²) in [6, 6.07) is 16.6. The molecule has 208 valence electrons. The van der Waals surface area contributed by atoms with E-state index in [-0.39, 0.29) is 29.5 Å². The fourth-order valence-corrected chi connectivity index (χ4v) is 6.17. The van der Waals surface area contributed by atoms with E-state index in [1.165, 1.54) is 23.1 Å². The molecular formula is C28H30Cl3N3O4S. The Morgan fingerprint density at radius 1 is 0.897 bits per heavy atom. The summed E-state index contributed by atoms with van der Waals surface area (Å²) >= 11 is 19.2. The van der Waals surface area contributed by atoms with Gasteiger partial charge in [-0.05, 0) is 62.2 Å². The molecule has 3 aromatic carbocycles. The molecule has 3 aromatic rings. The summed E-state index contributed by atoms with van der Waals surface area (Å²) < 4.78 is 28.6. The highest BCUT2D eigenvalue weighted by atomic mass is 35.5. The van der Waals surface area contributed by atoms with Crippen LogP contribution >= 0.6 is 34.8 Å². The number of amides is 2. The van der Waals surface area contributed by atoms with E-state index in [9.17, 15) is 18.0 Å². The van der Waals surface area contributed by atoms with E-state index in [2.05, 4.69) is 5.32 Å². The molecule has 0 saturated carbocycles. The van der Waals surface area contributed by atoms with Gasteiger partial charge in [-0.25, -0.2) is 8.42 Å². The van der Waals surface area contributed by atoms with Gasteiger partial charge in [0.25, 0.3) is 10.0 Å². The second-order valence-electron chi connectivity index (χ2n) is 8.80. The standard InChI is InChI=1S/C28H30Cl3N3O4S/c1-4-26(28(36)32-5-2)33(17-22-23(29)12-9-13-24(22)30)27(35)18-34(20-15-14-19(3)25(31)16-20)39(37,38)21-10-7-6-8-11-21/h6-16,26H,4-5,17-18H2,1-3H3,(H,32,36)/t26-/m0/s1. The topological polar surface area (TPSA) is 86.8 Å². The average Bonchev–Trinajstić information content (AvgIpc) is 2.91. The third-order valence-corrected chi connectivity index (χ3v) is 9.08. The van der Waals surface area contributed by atoms with Gasteiger partial charge in [0, 0.05) is 33.7 Å². The molecule has 0 unspecified atom stereocenters. The molecule has 0 fully saturated rings. The highest BCUT2D eigenvalue weighted by Crippen LogP contribution is 2.30. The monoisotopic (exact) mass is 609 g/mol. The van der Waals surface area contributed by atoms with Crippen molar-refractivity contribution in [3.8, 4) is 0 Å². The highest BCUT2D eigenvalue weighted by molar-refractivity contribution is 7.92. The van der Waals surface area contributed by atoms with Crippen LogP contribution in [0.2, 0.25) is 15.1 Å². The van der Waals surface area contributed by atoms with Gasteiger partial charge in [-0.2, -0.15) is 0 Å². The van der Waals surface area contributed by atoms with Gasteiger partial charge in [-0.15, -0.1) is 0 Å². The third-order valence-electron chi connectivity index (χ3n) is 6.18. The van der Waals surface area contributed by atoms with Crippen LogP contribution in [0, 0.1) is 6.92 Å². The number of carbonyl (C=O) groups excluding carboxylic acids is 2. The van der Waals surface area contributed by atoms with E-state index in [0.29, 0.717) is 27.2 Å². The maximum Gasteiger partial charge on any atom is 0.264 e. The lowest BCUT2D eigenvalue weighted by Crippen LogP contribution is -2.52. The van der Waals surface area contributed by atoms with Gasteiger partial charge in [-0.1, -0.05) is 72.1 Å². The molecule has 7 nitrogen and oxygen atoms in total. The SMILES string of the molecule is CCNC(=O)[C@H](CC)N(Cc1c(Cl)cccc1Cl)C(=O)CN(c1ccc(C)c(Cl)c1)S(=O)(=O)c1ccccc1. The summed E-state index contributed by atoms with van der Waals surface area (Å²) in [7, 11) is -4.19. The first-order valence-corrected chi connectivity index (χ1v) is 14.9. The fraction of sp³-hybridized carbons (Fsp3) is 0.286. The number of rotatable bonds is 11. The normalized spacial score (nSPS) is 12.1. The molecule has 1 N–H and O–H groups in total. The van der Waals surface area contributed by atoms with E-state index in [1.807, 2.05) is 0 Å². The largest absolute Gasteiger partial charge is 0.355 e. The van der Waals surface area contributed by atoms with Crippen LogP contribution in [0.15, 0.2) is 71.6 Å². The number of halogens is 3. The van der Waals surface area contributed by atoms with Crippen LogP contribution in [-0.4, -0.2) is 44.3 Å². The molecule has 0 aliphatic carbocycles. The van der Waals surface area contributed by atoms with Crippen LogP contribution in [0.4, 0.5) is 5.69 Å². The zero-order valence-corrected chi connectivity index (χ0v) is 24.9. The number of carbonyl (C=O) groups is 2. The number of likely N-dealkylation sites (N-methyl/N-ethyl adjacent to an activating group) is 1. The lowest BCUT2D eigenvalue weighted by molar-refractivity contribution is -0.140. The Bertz CT molecular complexity index is 1410. The Morgan fingerprint density at radius 3 is 2.10 bits per heavy atom. The number of nitrogens with one attached hydrogen (secondary N) is 1. The van der Waals surface area contributed by atoms with Crippen LogP contribution in [0.5, 0.6) is 0 Å². The van der Waals surface area contributed by atoms with Crippen molar-refractivity contribution < 1.29 is 18.0 Å². The Kier molecular flexibility index (Phi) is 10.7. The summed E-state index contributed by atoms with van der Waals surface area (Å²) in [4.78, 5) is 28.4. The molecule has 0 bridgehead atoms. The van der Waals surface area contributed by atoms with Gasteiger partial charge in [0.15, 0.2) is 0 Å². The predicted octanol–water partition coefficient (Wildman–Crippen LogP) is 6.09. The Labute approximate surface area is 244 Å². The molecule has 1 atom stereocenters. The van der Waals surface area contributed by atoms with Gasteiger partial charge < -0.3 is 10.2 Å². The molecule has 0 saturated heterocycles. The second kappa shape index (κ2) is 13.5. The number of sulfonamides is 1. The Hall–Kier alpha value is -2.78.